The van der Waals surface area contributed by atoms with Crippen molar-refractivity contribution >= 4 is 22.4 Å². The molecule has 2 aliphatic heterocycles. The summed E-state index contributed by atoms with van der Waals surface area (Å²) in [7, 11) is 0. The second-order valence-corrected chi connectivity index (χ2v) is 5.79. The highest BCUT2D eigenvalue weighted by atomic mass is 32.1. The van der Waals surface area contributed by atoms with Crippen molar-refractivity contribution in [2.24, 2.45) is 0 Å². The molecule has 2 fully saturated rings. The van der Waals surface area contributed by atoms with Crippen molar-refractivity contribution in [3.63, 3.8) is 0 Å². The van der Waals surface area contributed by atoms with E-state index in [4.69, 9.17) is 9.84 Å². The molecule has 2 saturated heterocycles. The quantitative estimate of drug-likeness (QED) is 0.861. The first-order chi connectivity index (χ1) is 8.13. The molecule has 2 aliphatic rings. The maximum absolute atomic E-state index is 10.9. The first-order valence-electron chi connectivity index (χ1n) is 5.76. The normalized spacial score (nSPS) is 30.8. The highest BCUT2D eigenvalue weighted by Gasteiger charge is 2.41. The number of fused-ring (bicyclic) bond motifs is 2. The summed E-state index contributed by atoms with van der Waals surface area (Å²) in [4.78, 5) is 15.7. The van der Waals surface area contributed by atoms with Crippen molar-refractivity contribution in [1.29, 1.82) is 0 Å². The van der Waals surface area contributed by atoms with E-state index in [1.165, 1.54) is 11.3 Å². The van der Waals surface area contributed by atoms with E-state index in [0.717, 1.165) is 24.1 Å². The number of rotatable bonds is 3. The first kappa shape index (κ1) is 11.0. The highest BCUT2D eigenvalue weighted by molar-refractivity contribution is 7.15. The number of thiazole rings is 1. The van der Waals surface area contributed by atoms with Crippen molar-refractivity contribution in [2.75, 3.05) is 5.32 Å². The molecule has 0 radical (unpaired) electrons. The molecule has 2 N–H and O–H groups in total. The van der Waals surface area contributed by atoms with Crippen molar-refractivity contribution in [3.05, 3.63) is 10.6 Å². The number of hydrogen-bond acceptors (Lipinski definition) is 5. The molecule has 1 aromatic rings. The lowest BCUT2D eigenvalue weighted by Crippen LogP contribution is -2.30. The third-order valence-corrected chi connectivity index (χ3v) is 4.32. The smallest absolute Gasteiger partial charge is 0.355 e. The van der Waals surface area contributed by atoms with E-state index >= 15 is 0 Å². The molecule has 1 aromatic heterocycles. The van der Waals surface area contributed by atoms with Crippen LogP contribution in [0.25, 0.3) is 0 Å². The van der Waals surface area contributed by atoms with E-state index in [2.05, 4.69) is 10.3 Å². The predicted molar refractivity (Wildman–Crippen MR) is 63.7 cm³/mol. The third-order valence-electron chi connectivity index (χ3n) is 3.41. The standard InChI is InChI=1S/C11H14N2O3S/c1-5-9(10(14)15)13-11(17-5)12-7-4-6-2-3-8(7)16-6/h6-8H,2-4H2,1H3,(H,12,13)(H,14,15). The number of anilines is 1. The van der Waals surface area contributed by atoms with Gasteiger partial charge in [-0.3, -0.25) is 0 Å². The summed E-state index contributed by atoms with van der Waals surface area (Å²) in [5.41, 5.74) is 0.154. The lowest BCUT2D eigenvalue weighted by molar-refractivity contribution is 0.0690. The Morgan fingerprint density at radius 1 is 1.59 bits per heavy atom. The van der Waals surface area contributed by atoms with Gasteiger partial charge in [0.05, 0.1) is 18.2 Å². The van der Waals surface area contributed by atoms with Gasteiger partial charge in [-0.25, -0.2) is 9.78 Å². The molecule has 0 aliphatic carbocycles. The van der Waals surface area contributed by atoms with Crippen molar-refractivity contribution in [3.8, 4) is 0 Å². The molecule has 0 spiro atoms. The summed E-state index contributed by atoms with van der Waals surface area (Å²) in [6.45, 7) is 1.78. The molecule has 3 unspecified atom stereocenters. The van der Waals surface area contributed by atoms with E-state index in [-0.39, 0.29) is 11.8 Å². The minimum atomic E-state index is -0.962. The molecule has 0 amide bonds. The lowest BCUT2D eigenvalue weighted by atomic mass is 9.96. The number of hydrogen-bond donors (Lipinski definition) is 2. The first-order valence-corrected chi connectivity index (χ1v) is 6.58. The average Bonchev–Trinajstić information content (AvgIpc) is 2.93. The third kappa shape index (κ3) is 1.91. The van der Waals surface area contributed by atoms with Crippen molar-refractivity contribution < 1.29 is 14.6 Å². The fourth-order valence-corrected chi connectivity index (χ4v) is 3.47. The van der Waals surface area contributed by atoms with Crippen LogP contribution in [-0.4, -0.2) is 34.3 Å². The van der Waals surface area contributed by atoms with Gasteiger partial charge in [-0.2, -0.15) is 0 Å². The van der Waals surface area contributed by atoms with Gasteiger partial charge in [0, 0.05) is 4.88 Å². The number of aromatic nitrogens is 1. The average molecular weight is 254 g/mol. The molecular weight excluding hydrogens is 240 g/mol. The number of carboxylic acids is 1. The molecule has 3 atom stereocenters. The SMILES string of the molecule is Cc1sc(NC2CC3CCC2O3)nc1C(=O)O. The molecule has 2 bridgehead atoms. The number of ether oxygens (including phenoxy) is 1. The Morgan fingerprint density at radius 2 is 2.41 bits per heavy atom. The molecule has 0 saturated carbocycles. The highest BCUT2D eigenvalue weighted by Crippen LogP contribution is 2.36. The number of carboxylic acid groups (broad SMARTS) is 1. The van der Waals surface area contributed by atoms with Gasteiger partial charge in [-0.15, -0.1) is 11.3 Å². The van der Waals surface area contributed by atoms with Gasteiger partial charge in [0.15, 0.2) is 10.8 Å². The molecule has 3 heterocycles. The minimum absolute atomic E-state index is 0.154. The van der Waals surface area contributed by atoms with Crippen molar-refractivity contribution in [2.45, 2.75) is 44.4 Å². The van der Waals surface area contributed by atoms with Crippen LogP contribution in [0.2, 0.25) is 0 Å². The van der Waals surface area contributed by atoms with Gasteiger partial charge in [0.2, 0.25) is 0 Å². The van der Waals surface area contributed by atoms with E-state index in [9.17, 15) is 4.79 Å². The van der Waals surface area contributed by atoms with Crippen LogP contribution >= 0.6 is 11.3 Å². The van der Waals surface area contributed by atoms with Crippen LogP contribution in [0.1, 0.15) is 34.6 Å². The van der Waals surface area contributed by atoms with Crippen LogP contribution in [0.3, 0.4) is 0 Å². The maximum atomic E-state index is 10.9. The Morgan fingerprint density at radius 3 is 2.94 bits per heavy atom. The van der Waals surface area contributed by atoms with E-state index in [1.807, 2.05) is 0 Å². The largest absolute Gasteiger partial charge is 0.476 e. The van der Waals surface area contributed by atoms with Gasteiger partial charge in [-0.05, 0) is 26.2 Å². The summed E-state index contributed by atoms with van der Waals surface area (Å²) in [5.74, 6) is -0.962. The summed E-state index contributed by atoms with van der Waals surface area (Å²) in [6, 6.07) is 0.293. The summed E-state index contributed by atoms with van der Waals surface area (Å²) >= 11 is 1.40. The van der Waals surface area contributed by atoms with Gasteiger partial charge in [0.1, 0.15) is 0 Å². The number of aromatic carboxylic acids is 1. The van der Waals surface area contributed by atoms with Gasteiger partial charge >= 0.3 is 5.97 Å². The maximum Gasteiger partial charge on any atom is 0.355 e. The molecule has 17 heavy (non-hydrogen) atoms. The zero-order valence-electron chi connectivity index (χ0n) is 9.47. The lowest BCUT2D eigenvalue weighted by Gasteiger charge is -2.19. The second-order valence-electron chi connectivity index (χ2n) is 4.59. The van der Waals surface area contributed by atoms with E-state index in [0.29, 0.717) is 17.3 Å². The van der Waals surface area contributed by atoms with Crippen LogP contribution < -0.4 is 5.32 Å². The minimum Gasteiger partial charge on any atom is -0.476 e. The summed E-state index contributed by atoms with van der Waals surface area (Å²) in [6.07, 6.45) is 3.92. The topological polar surface area (TPSA) is 71.5 Å². The Labute approximate surface area is 103 Å². The number of nitrogens with zero attached hydrogens (tertiary/aromatic N) is 1. The van der Waals surface area contributed by atoms with Gasteiger partial charge in [0.25, 0.3) is 0 Å². The van der Waals surface area contributed by atoms with Crippen LogP contribution in [0, 0.1) is 6.92 Å². The van der Waals surface area contributed by atoms with E-state index < -0.39 is 5.97 Å². The predicted octanol–water partition coefficient (Wildman–Crippen LogP) is 1.88. The van der Waals surface area contributed by atoms with Crippen molar-refractivity contribution in [1.82, 2.24) is 4.98 Å². The van der Waals surface area contributed by atoms with Gasteiger partial charge in [-0.1, -0.05) is 0 Å². The fraction of sp³-hybridized carbons (Fsp3) is 0.636. The van der Waals surface area contributed by atoms with Crippen LogP contribution in [0.4, 0.5) is 5.13 Å². The molecule has 92 valence electrons. The number of aryl methyl sites for hydroxylation is 1. The number of carbonyl (C=O) groups is 1. The second kappa shape index (κ2) is 3.96. The Balaban J connectivity index is 1.73. The fourth-order valence-electron chi connectivity index (χ4n) is 2.60. The van der Waals surface area contributed by atoms with Crippen LogP contribution in [-0.2, 0) is 4.74 Å². The Bertz CT molecular complexity index is 460. The molecule has 5 nitrogen and oxygen atoms in total. The van der Waals surface area contributed by atoms with Crippen LogP contribution in [0.15, 0.2) is 0 Å². The molecular formula is C11H14N2O3S. The zero-order valence-corrected chi connectivity index (χ0v) is 10.3. The summed E-state index contributed by atoms with van der Waals surface area (Å²) < 4.78 is 5.74. The monoisotopic (exact) mass is 254 g/mol. The zero-order chi connectivity index (χ0) is 12.0. The molecule has 6 heteroatoms. The summed E-state index contributed by atoms with van der Waals surface area (Å²) in [5, 5.41) is 12.9. The van der Waals surface area contributed by atoms with Crippen LogP contribution in [0.5, 0.6) is 0 Å². The number of nitrogens with one attached hydrogen (secondary N) is 1. The van der Waals surface area contributed by atoms with E-state index in [1.54, 1.807) is 6.92 Å². The molecule has 3 rings (SSSR count). The Hall–Kier alpha value is -1.14. The Kier molecular flexibility index (Phi) is 2.56. The van der Waals surface area contributed by atoms with Gasteiger partial charge < -0.3 is 15.2 Å². The molecule has 0 aromatic carbocycles.